The van der Waals surface area contributed by atoms with Gasteiger partial charge in [-0.15, -0.1) is 11.3 Å². The van der Waals surface area contributed by atoms with Crippen LogP contribution < -0.4 is 0 Å². The number of carbonyl (C=O) groups excluding carboxylic acids is 1. The Labute approximate surface area is 94.5 Å². The van der Waals surface area contributed by atoms with Gasteiger partial charge in [0.2, 0.25) is 5.50 Å². The molecule has 0 fully saturated rings. The van der Waals surface area contributed by atoms with Crippen LogP contribution in [0.25, 0.3) is 10.2 Å². The molecule has 0 saturated carbocycles. The van der Waals surface area contributed by atoms with Crippen molar-refractivity contribution in [2.45, 2.75) is 16.8 Å². The summed E-state index contributed by atoms with van der Waals surface area (Å²) in [6, 6.07) is 7.59. The van der Waals surface area contributed by atoms with Crippen molar-refractivity contribution in [2.24, 2.45) is 0 Å². The highest BCUT2D eigenvalue weighted by molar-refractivity contribution is 8.02. The number of carbonyl (C=O) groups is 1. The number of hydrogen-bond donors (Lipinski definition) is 0. The van der Waals surface area contributed by atoms with Gasteiger partial charge in [-0.3, -0.25) is 4.79 Å². The molecule has 2 aromatic rings. The lowest BCUT2D eigenvalue weighted by Gasteiger charge is -1.98. The number of nitrogens with zero attached hydrogens (tertiary/aromatic N) is 1. The second-order valence-electron chi connectivity index (χ2n) is 2.99. The third kappa shape index (κ3) is 2.35. The fourth-order valence-electron chi connectivity index (χ4n) is 1.07. The maximum Gasteiger partial charge on any atom is 0.210 e. The number of thiazole rings is 1. The van der Waals surface area contributed by atoms with Gasteiger partial charge in [-0.25, -0.2) is 9.37 Å². The van der Waals surface area contributed by atoms with Gasteiger partial charge >= 0.3 is 0 Å². The van der Waals surface area contributed by atoms with Crippen molar-refractivity contribution >= 4 is 39.1 Å². The second-order valence-corrected chi connectivity index (χ2v) is 5.32. The van der Waals surface area contributed by atoms with Crippen LogP contribution >= 0.6 is 23.1 Å². The zero-order valence-corrected chi connectivity index (χ0v) is 9.57. The van der Waals surface area contributed by atoms with E-state index in [0.29, 0.717) is 4.34 Å². The number of thioether (sulfide) groups is 1. The number of ketones is 1. The van der Waals surface area contributed by atoms with Crippen molar-refractivity contribution in [1.29, 1.82) is 0 Å². The summed E-state index contributed by atoms with van der Waals surface area (Å²) in [5.41, 5.74) is -0.661. The van der Waals surface area contributed by atoms with Gasteiger partial charge < -0.3 is 0 Å². The maximum absolute atomic E-state index is 13.1. The molecule has 1 aromatic heterocycles. The van der Waals surface area contributed by atoms with Crippen molar-refractivity contribution in [1.82, 2.24) is 4.98 Å². The molecule has 0 N–H and O–H groups in total. The minimum Gasteiger partial charge on any atom is -0.296 e. The van der Waals surface area contributed by atoms with Gasteiger partial charge in [-0.2, -0.15) is 0 Å². The second kappa shape index (κ2) is 4.28. The smallest absolute Gasteiger partial charge is 0.210 e. The normalized spacial score (nSPS) is 12.9. The topological polar surface area (TPSA) is 30.0 Å². The van der Waals surface area contributed by atoms with Crippen LogP contribution in [0.1, 0.15) is 6.92 Å². The van der Waals surface area contributed by atoms with Gasteiger partial charge in [0.1, 0.15) is 0 Å². The van der Waals surface area contributed by atoms with Gasteiger partial charge in [0.05, 0.1) is 10.2 Å². The van der Waals surface area contributed by atoms with Crippen LogP contribution in [0, 0.1) is 0 Å². The SMILES string of the molecule is CC(=O)C(F)Sc1nc2ccccc2s1. The minimum absolute atomic E-state index is 0.473. The number of rotatable bonds is 3. The highest BCUT2D eigenvalue weighted by Gasteiger charge is 2.16. The Morgan fingerprint density at radius 1 is 1.53 bits per heavy atom. The van der Waals surface area contributed by atoms with Gasteiger partial charge in [-0.05, 0) is 19.1 Å². The molecular formula is C10H8FNOS2. The lowest BCUT2D eigenvalue weighted by atomic mass is 10.3. The first-order valence-electron chi connectivity index (χ1n) is 4.33. The summed E-state index contributed by atoms with van der Waals surface area (Å²) in [6.07, 6.45) is 0. The number of halogens is 1. The van der Waals surface area contributed by atoms with E-state index in [1.807, 2.05) is 24.3 Å². The zero-order chi connectivity index (χ0) is 10.8. The van der Waals surface area contributed by atoms with Crippen LogP contribution in [0.15, 0.2) is 28.6 Å². The number of para-hydroxylation sites is 1. The molecule has 2 nitrogen and oxygen atoms in total. The molecule has 2 rings (SSSR count). The van der Waals surface area contributed by atoms with Crippen LogP contribution in [-0.4, -0.2) is 16.3 Å². The first-order chi connectivity index (χ1) is 7.16. The summed E-state index contributed by atoms with van der Waals surface area (Å²) in [5, 5.41) is 0. The molecule has 15 heavy (non-hydrogen) atoms. The third-order valence-electron chi connectivity index (χ3n) is 1.80. The van der Waals surface area contributed by atoms with Crippen LogP contribution in [0.3, 0.4) is 0 Å². The lowest BCUT2D eigenvalue weighted by molar-refractivity contribution is -0.118. The van der Waals surface area contributed by atoms with E-state index in [0.717, 1.165) is 22.0 Å². The molecule has 1 atom stereocenters. The van der Waals surface area contributed by atoms with E-state index in [1.54, 1.807) is 0 Å². The Bertz CT molecular complexity index is 464. The van der Waals surface area contributed by atoms with Crippen LogP contribution in [0.2, 0.25) is 0 Å². The molecule has 78 valence electrons. The lowest BCUT2D eigenvalue weighted by Crippen LogP contribution is -2.05. The van der Waals surface area contributed by atoms with Crippen LogP contribution in [-0.2, 0) is 4.79 Å². The molecule has 5 heteroatoms. The third-order valence-corrected chi connectivity index (χ3v) is 4.00. The quantitative estimate of drug-likeness (QED) is 0.772. The number of Topliss-reactive ketones (excluding diaryl/α,β-unsaturated/α-hetero) is 1. The maximum atomic E-state index is 13.1. The van der Waals surface area contributed by atoms with Crippen molar-refractivity contribution < 1.29 is 9.18 Å². The predicted octanol–water partition coefficient (Wildman–Crippen LogP) is 3.27. The molecule has 0 saturated heterocycles. The first kappa shape index (κ1) is 10.6. The summed E-state index contributed by atoms with van der Waals surface area (Å²) < 4.78 is 14.7. The summed E-state index contributed by atoms with van der Waals surface area (Å²) in [7, 11) is 0. The Hall–Kier alpha value is -0.940. The highest BCUT2D eigenvalue weighted by Crippen LogP contribution is 2.32. The molecule has 0 amide bonds. The molecule has 1 heterocycles. The number of alkyl halides is 1. The Kier molecular flexibility index (Phi) is 3.02. The number of aromatic nitrogens is 1. The number of hydrogen-bond acceptors (Lipinski definition) is 4. The molecule has 1 unspecified atom stereocenters. The molecule has 1 aromatic carbocycles. The van der Waals surface area contributed by atoms with Crippen molar-refractivity contribution in [3.63, 3.8) is 0 Å². The fourth-order valence-corrected chi connectivity index (χ4v) is 2.98. The molecule has 0 spiro atoms. The van der Waals surface area contributed by atoms with E-state index in [1.165, 1.54) is 18.3 Å². The molecule has 0 bridgehead atoms. The first-order valence-corrected chi connectivity index (χ1v) is 6.03. The number of benzene rings is 1. The average molecular weight is 241 g/mol. The standard InChI is InChI=1S/C10H8FNOS2/c1-6(13)9(11)15-10-12-7-4-2-3-5-8(7)14-10/h2-5,9H,1H3. The zero-order valence-electron chi connectivity index (χ0n) is 7.94. The van der Waals surface area contributed by atoms with Crippen molar-refractivity contribution in [2.75, 3.05) is 0 Å². The predicted molar refractivity (Wildman–Crippen MR) is 61.1 cm³/mol. The van der Waals surface area contributed by atoms with E-state index >= 15 is 0 Å². The highest BCUT2D eigenvalue weighted by atomic mass is 32.2. The Morgan fingerprint density at radius 3 is 2.93 bits per heavy atom. The van der Waals surface area contributed by atoms with E-state index in [2.05, 4.69) is 4.98 Å². The molecule has 0 radical (unpaired) electrons. The largest absolute Gasteiger partial charge is 0.296 e. The van der Waals surface area contributed by atoms with Gasteiger partial charge in [-0.1, -0.05) is 23.9 Å². The molecule has 0 aliphatic rings. The van der Waals surface area contributed by atoms with E-state index in [-0.39, 0.29) is 0 Å². The van der Waals surface area contributed by atoms with Gasteiger partial charge in [0, 0.05) is 0 Å². The van der Waals surface area contributed by atoms with Crippen molar-refractivity contribution in [3.8, 4) is 0 Å². The molecular weight excluding hydrogens is 233 g/mol. The summed E-state index contributed by atoms with van der Waals surface area (Å²) >= 11 is 2.27. The summed E-state index contributed by atoms with van der Waals surface area (Å²) in [5.74, 6) is -0.473. The summed E-state index contributed by atoms with van der Waals surface area (Å²) in [4.78, 5) is 15.0. The average Bonchev–Trinajstić information content (AvgIpc) is 2.59. The van der Waals surface area contributed by atoms with E-state index in [4.69, 9.17) is 0 Å². The Morgan fingerprint density at radius 2 is 2.27 bits per heavy atom. The van der Waals surface area contributed by atoms with E-state index < -0.39 is 11.3 Å². The van der Waals surface area contributed by atoms with Gasteiger partial charge in [0.15, 0.2) is 10.1 Å². The van der Waals surface area contributed by atoms with E-state index in [9.17, 15) is 9.18 Å². The van der Waals surface area contributed by atoms with Crippen LogP contribution in [0.4, 0.5) is 4.39 Å². The molecule has 0 aliphatic heterocycles. The number of fused-ring (bicyclic) bond motifs is 1. The minimum atomic E-state index is -1.51. The van der Waals surface area contributed by atoms with Gasteiger partial charge in [0.25, 0.3) is 0 Å². The Balaban J connectivity index is 2.26. The summed E-state index contributed by atoms with van der Waals surface area (Å²) in [6.45, 7) is 1.24. The monoisotopic (exact) mass is 241 g/mol. The fraction of sp³-hybridized carbons (Fsp3) is 0.200. The van der Waals surface area contributed by atoms with Crippen LogP contribution in [0.5, 0.6) is 0 Å². The van der Waals surface area contributed by atoms with Crippen molar-refractivity contribution in [3.05, 3.63) is 24.3 Å². The molecule has 0 aliphatic carbocycles.